The number of thiophene rings is 3. The zero-order valence-electron chi connectivity index (χ0n) is 30.6. The molecule has 0 fully saturated rings. The number of fused-ring (bicyclic) bond motifs is 11. The molecule has 3 heterocycles. The van der Waals surface area contributed by atoms with Crippen LogP contribution >= 0.6 is 34.0 Å². The first-order chi connectivity index (χ1) is 28.2. The van der Waals surface area contributed by atoms with Gasteiger partial charge < -0.3 is 9.80 Å². The maximum atomic E-state index is 2.48. The summed E-state index contributed by atoms with van der Waals surface area (Å²) in [6.45, 7) is 0. The van der Waals surface area contributed by atoms with E-state index in [4.69, 9.17) is 0 Å². The number of benzene rings is 9. The van der Waals surface area contributed by atoms with E-state index >= 15 is 0 Å². The molecule has 2 nitrogen and oxygen atoms in total. The van der Waals surface area contributed by atoms with Crippen molar-refractivity contribution in [3.8, 4) is 0 Å². The summed E-state index contributed by atoms with van der Waals surface area (Å²) in [4.78, 5) is 4.92. The van der Waals surface area contributed by atoms with E-state index in [0.29, 0.717) is 0 Å². The topological polar surface area (TPSA) is 6.48 Å². The van der Waals surface area contributed by atoms with E-state index in [1.807, 2.05) is 34.0 Å². The number of nitrogens with zero attached hydrogens (tertiary/aromatic N) is 2. The van der Waals surface area contributed by atoms with Crippen LogP contribution in [-0.2, 0) is 0 Å². The zero-order valence-corrected chi connectivity index (χ0v) is 33.0. The Hall–Kier alpha value is -6.50. The maximum Gasteiger partial charge on any atom is 0.0661 e. The van der Waals surface area contributed by atoms with Crippen LogP contribution in [0.5, 0.6) is 0 Å². The summed E-state index contributed by atoms with van der Waals surface area (Å²) < 4.78 is 7.75. The van der Waals surface area contributed by atoms with E-state index in [0.717, 1.165) is 34.1 Å². The minimum atomic E-state index is 1.11. The van der Waals surface area contributed by atoms with Crippen molar-refractivity contribution in [3.05, 3.63) is 194 Å². The standard InChI is InChI=1S/C52H32N2S3/c1-3-14-34(15-4-1)53(36-25-28-48-43(29-36)41-20-10-12-22-47(41)55-48)38-30-44-51-39-18-8-7-13-33(39)23-27-49(51)57-52(44)45(31-38)54(35-16-5-2-6-17-35)37-24-26-42-40-19-9-11-21-46(40)56-50(42)32-37/h1-32H. The maximum absolute atomic E-state index is 2.48. The molecule has 0 radical (unpaired) electrons. The van der Waals surface area contributed by atoms with Gasteiger partial charge in [0.15, 0.2) is 0 Å². The zero-order chi connectivity index (χ0) is 37.5. The van der Waals surface area contributed by atoms with Gasteiger partial charge in [-0.1, -0.05) is 109 Å². The highest BCUT2D eigenvalue weighted by Gasteiger charge is 2.24. The lowest BCUT2D eigenvalue weighted by Gasteiger charge is -2.30. The molecule has 0 unspecified atom stereocenters. The van der Waals surface area contributed by atoms with Crippen LogP contribution in [0.3, 0.4) is 0 Å². The normalized spacial score (nSPS) is 11.9. The first-order valence-corrected chi connectivity index (χ1v) is 21.6. The Morgan fingerprint density at radius 1 is 0.281 bits per heavy atom. The van der Waals surface area contributed by atoms with Gasteiger partial charge in [-0.2, -0.15) is 0 Å². The van der Waals surface area contributed by atoms with Gasteiger partial charge in [-0.15, -0.1) is 34.0 Å². The summed E-state index contributed by atoms with van der Waals surface area (Å²) in [6.07, 6.45) is 0. The molecule has 0 amide bonds. The molecule has 0 atom stereocenters. The molecule has 5 heteroatoms. The Balaban J connectivity index is 1.18. The van der Waals surface area contributed by atoms with Gasteiger partial charge >= 0.3 is 0 Å². The highest BCUT2D eigenvalue weighted by atomic mass is 32.1. The molecule has 0 spiro atoms. The molecule has 268 valence electrons. The van der Waals surface area contributed by atoms with Gasteiger partial charge in [0.05, 0.1) is 10.4 Å². The average molecular weight is 781 g/mol. The van der Waals surface area contributed by atoms with Gasteiger partial charge in [0, 0.05) is 84.3 Å². The second-order valence-electron chi connectivity index (χ2n) is 14.5. The smallest absolute Gasteiger partial charge is 0.0661 e. The van der Waals surface area contributed by atoms with Crippen molar-refractivity contribution in [2.75, 3.05) is 9.80 Å². The lowest BCUT2D eigenvalue weighted by Crippen LogP contribution is -2.13. The first kappa shape index (κ1) is 32.7. The highest BCUT2D eigenvalue weighted by Crippen LogP contribution is 2.51. The molecule has 0 aliphatic carbocycles. The molecule has 0 aliphatic heterocycles. The Kier molecular flexibility index (Phi) is 7.48. The minimum Gasteiger partial charge on any atom is -0.310 e. The van der Waals surface area contributed by atoms with E-state index in [-0.39, 0.29) is 0 Å². The number of anilines is 6. The molecule has 12 rings (SSSR count). The Bertz CT molecular complexity index is 3490. The van der Waals surface area contributed by atoms with Gasteiger partial charge in [0.25, 0.3) is 0 Å². The van der Waals surface area contributed by atoms with E-state index in [9.17, 15) is 0 Å². The predicted molar refractivity (Wildman–Crippen MR) is 252 cm³/mol. The molecule has 0 saturated heterocycles. The van der Waals surface area contributed by atoms with Crippen molar-refractivity contribution in [1.82, 2.24) is 0 Å². The summed E-state index contributed by atoms with van der Waals surface area (Å²) in [5.74, 6) is 0. The average Bonchev–Trinajstić information content (AvgIpc) is 3.96. The predicted octanol–water partition coefficient (Wildman–Crippen LogP) is 16.9. The summed E-state index contributed by atoms with van der Waals surface area (Å²) >= 11 is 5.61. The van der Waals surface area contributed by atoms with Crippen molar-refractivity contribution in [3.63, 3.8) is 0 Å². The summed E-state index contributed by atoms with van der Waals surface area (Å²) in [7, 11) is 0. The van der Waals surface area contributed by atoms with E-state index in [1.165, 1.54) is 71.3 Å². The van der Waals surface area contributed by atoms with Crippen LogP contribution in [0.2, 0.25) is 0 Å². The number of rotatable bonds is 6. The summed E-state index contributed by atoms with van der Waals surface area (Å²) in [5, 5.41) is 10.3. The lowest BCUT2D eigenvalue weighted by atomic mass is 10.0. The monoisotopic (exact) mass is 780 g/mol. The molecule has 0 bridgehead atoms. The number of hydrogen-bond acceptors (Lipinski definition) is 5. The second kappa shape index (κ2) is 13.0. The molecule has 12 aromatic rings. The van der Waals surface area contributed by atoms with Crippen molar-refractivity contribution < 1.29 is 0 Å². The third kappa shape index (κ3) is 5.28. The molecule has 0 saturated carbocycles. The van der Waals surface area contributed by atoms with Crippen molar-refractivity contribution in [2.45, 2.75) is 0 Å². The fraction of sp³-hybridized carbons (Fsp3) is 0. The number of hydrogen-bond donors (Lipinski definition) is 0. The van der Waals surface area contributed by atoms with Crippen LogP contribution in [0.1, 0.15) is 0 Å². The Morgan fingerprint density at radius 3 is 1.60 bits per heavy atom. The Morgan fingerprint density at radius 2 is 0.825 bits per heavy atom. The van der Waals surface area contributed by atoms with Gasteiger partial charge in [-0.05, 0) is 95.7 Å². The second-order valence-corrected chi connectivity index (χ2v) is 17.7. The quantitative estimate of drug-likeness (QED) is 0.166. The third-order valence-corrected chi connectivity index (χ3v) is 14.7. The van der Waals surface area contributed by atoms with Gasteiger partial charge in [0.1, 0.15) is 0 Å². The SMILES string of the molecule is c1ccc(N(c2ccc3sc4ccccc4c3c2)c2cc(N(c3ccccc3)c3ccc4c(c3)sc3ccccc34)c3sc4ccc5ccccc5c4c3c2)cc1. The van der Waals surface area contributed by atoms with Crippen LogP contribution in [0.25, 0.3) is 71.3 Å². The number of para-hydroxylation sites is 2. The van der Waals surface area contributed by atoms with Crippen LogP contribution in [0.15, 0.2) is 194 Å². The molecule has 9 aromatic carbocycles. The molecule has 57 heavy (non-hydrogen) atoms. The Labute approximate surface area is 341 Å². The molecular weight excluding hydrogens is 749 g/mol. The van der Waals surface area contributed by atoms with Crippen molar-refractivity contribution >= 4 is 139 Å². The van der Waals surface area contributed by atoms with Gasteiger partial charge in [-0.25, -0.2) is 0 Å². The van der Waals surface area contributed by atoms with Crippen LogP contribution in [0, 0.1) is 0 Å². The van der Waals surface area contributed by atoms with E-state index < -0.39 is 0 Å². The van der Waals surface area contributed by atoms with E-state index in [2.05, 4.69) is 204 Å². The fourth-order valence-electron chi connectivity index (χ4n) is 8.65. The largest absolute Gasteiger partial charge is 0.310 e. The van der Waals surface area contributed by atoms with Gasteiger partial charge in [0.2, 0.25) is 0 Å². The third-order valence-electron chi connectivity index (χ3n) is 11.2. The van der Waals surface area contributed by atoms with Gasteiger partial charge in [-0.3, -0.25) is 0 Å². The summed E-state index contributed by atoms with van der Waals surface area (Å²) in [5.41, 5.74) is 6.77. The van der Waals surface area contributed by atoms with Crippen molar-refractivity contribution in [1.29, 1.82) is 0 Å². The van der Waals surface area contributed by atoms with Crippen LogP contribution in [0.4, 0.5) is 34.1 Å². The molecule has 3 aromatic heterocycles. The molecule has 0 aliphatic rings. The van der Waals surface area contributed by atoms with Crippen LogP contribution < -0.4 is 9.80 Å². The van der Waals surface area contributed by atoms with Crippen molar-refractivity contribution in [2.24, 2.45) is 0 Å². The minimum absolute atomic E-state index is 1.11. The first-order valence-electron chi connectivity index (χ1n) is 19.2. The molecule has 0 N–H and O–H groups in total. The van der Waals surface area contributed by atoms with Crippen LogP contribution in [-0.4, -0.2) is 0 Å². The fourth-order valence-corrected chi connectivity index (χ4v) is 12.1. The summed E-state index contributed by atoms with van der Waals surface area (Å²) in [6, 6.07) is 71.5. The molecular formula is C52H32N2S3. The lowest BCUT2D eigenvalue weighted by molar-refractivity contribution is 1.27. The highest BCUT2D eigenvalue weighted by molar-refractivity contribution is 7.27. The van der Waals surface area contributed by atoms with E-state index in [1.54, 1.807) is 0 Å².